The topological polar surface area (TPSA) is 81.4 Å². The lowest BCUT2D eigenvalue weighted by molar-refractivity contribution is -0.141. The second-order valence-corrected chi connectivity index (χ2v) is 6.21. The molecule has 0 fully saturated rings. The molecular weight excluding hydrogens is 252 g/mol. The van der Waals surface area contributed by atoms with Crippen molar-refractivity contribution in [2.45, 2.75) is 50.9 Å². The van der Waals surface area contributed by atoms with Gasteiger partial charge in [-0.15, -0.1) is 11.8 Å². The second kappa shape index (κ2) is 7.63. The maximum absolute atomic E-state index is 11.9. The van der Waals surface area contributed by atoms with E-state index in [0.29, 0.717) is 5.75 Å². The van der Waals surface area contributed by atoms with Crippen LogP contribution in [0, 0.1) is 0 Å². The maximum Gasteiger partial charge on any atom is 0.323 e. The van der Waals surface area contributed by atoms with Crippen LogP contribution in [0.1, 0.15) is 34.1 Å². The smallest absolute Gasteiger partial charge is 0.323 e. The van der Waals surface area contributed by atoms with Gasteiger partial charge in [0.2, 0.25) is 5.91 Å². The van der Waals surface area contributed by atoms with Crippen molar-refractivity contribution in [3.63, 3.8) is 0 Å². The molecule has 0 saturated heterocycles. The van der Waals surface area contributed by atoms with Crippen molar-refractivity contribution in [3.05, 3.63) is 0 Å². The largest absolute Gasteiger partial charge is 0.468 e. The molecule has 3 N–H and O–H groups in total. The lowest BCUT2D eigenvalue weighted by Gasteiger charge is -2.26. The van der Waals surface area contributed by atoms with E-state index in [2.05, 4.69) is 10.1 Å². The van der Waals surface area contributed by atoms with Gasteiger partial charge in [0, 0.05) is 11.3 Å². The second-order valence-electron chi connectivity index (χ2n) is 4.83. The molecule has 0 radical (unpaired) electrons. The first-order valence-corrected chi connectivity index (χ1v) is 7.05. The summed E-state index contributed by atoms with van der Waals surface area (Å²) in [5.74, 6) is -0.124. The van der Waals surface area contributed by atoms with Gasteiger partial charge in [0.05, 0.1) is 12.4 Å². The molecule has 0 rings (SSSR count). The van der Waals surface area contributed by atoms with Crippen LogP contribution in [0.4, 0.5) is 0 Å². The summed E-state index contributed by atoms with van der Waals surface area (Å²) in [4.78, 5) is 23.0. The number of methoxy groups -OCH3 is 1. The Balaban J connectivity index is 4.14. The molecule has 6 heteroatoms. The Labute approximate surface area is 113 Å². The molecule has 106 valence electrons. The van der Waals surface area contributed by atoms with Crippen molar-refractivity contribution in [2.75, 3.05) is 12.9 Å². The van der Waals surface area contributed by atoms with E-state index in [9.17, 15) is 9.59 Å². The first-order valence-electron chi connectivity index (χ1n) is 6.00. The molecule has 0 aliphatic heterocycles. The van der Waals surface area contributed by atoms with E-state index < -0.39 is 12.0 Å². The Morgan fingerprint density at radius 1 is 1.44 bits per heavy atom. The van der Waals surface area contributed by atoms with Gasteiger partial charge in [-0.25, -0.2) is 0 Å². The van der Waals surface area contributed by atoms with E-state index in [-0.39, 0.29) is 16.7 Å². The van der Waals surface area contributed by atoms with Crippen LogP contribution in [-0.2, 0) is 14.3 Å². The Kier molecular flexibility index (Phi) is 7.32. The first-order chi connectivity index (χ1) is 8.23. The fourth-order valence-corrected chi connectivity index (χ4v) is 1.91. The third-order valence-corrected chi connectivity index (χ3v) is 4.01. The van der Waals surface area contributed by atoms with Crippen LogP contribution in [0.3, 0.4) is 0 Å². The molecule has 0 aromatic rings. The molecule has 0 aromatic carbocycles. The number of ether oxygens (including phenoxy) is 1. The monoisotopic (exact) mass is 276 g/mol. The summed E-state index contributed by atoms with van der Waals surface area (Å²) >= 11 is 1.35. The predicted octanol–water partition coefficient (Wildman–Crippen LogP) is 0.913. The van der Waals surface area contributed by atoms with Gasteiger partial charge >= 0.3 is 5.97 Å². The van der Waals surface area contributed by atoms with Gasteiger partial charge in [-0.05, 0) is 27.2 Å². The highest BCUT2D eigenvalue weighted by atomic mass is 32.2. The third-order valence-electron chi connectivity index (χ3n) is 2.74. The van der Waals surface area contributed by atoms with Crippen LogP contribution in [-0.4, -0.2) is 41.6 Å². The number of thioether (sulfide) groups is 1. The Hall–Kier alpha value is -0.750. The number of hydrogen-bond donors (Lipinski definition) is 2. The van der Waals surface area contributed by atoms with Crippen LogP contribution >= 0.6 is 11.8 Å². The fourth-order valence-electron chi connectivity index (χ4n) is 1.07. The van der Waals surface area contributed by atoms with E-state index in [0.717, 1.165) is 6.42 Å². The van der Waals surface area contributed by atoms with E-state index in [1.165, 1.54) is 18.9 Å². The zero-order valence-corrected chi connectivity index (χ0v) is 12.6. The average molecular weight is 276 g/mol. The lowest BCUT2D eigenvalue weighted by Crippen LogP contribution is -2.46. The van der Waals surface area contributed by atoms with Gasteiger partial charge in [0.1, 0.15) is 6.04 Å². The van der Waals surface area contributed by atoms with Crippen LogP contribution in [0.15, 0.2) is 0 Å². The summed E-state index contributed by atoms with van der Waals surface area (Å²) in [5, 5.41) is 2.71. The molecule has 0 aromatic heterocycles. The van der Waals surface area contributed by atoms with Crippen molar-refractivity contribution in [1.82, 2.24) is 5.32 Å². The number of nitrogens with one attached hydrogen (secondary N) is 1. The van der Waals surface area contributed by atoms with Gasteiger partial charge in [-0.3, -0.25) is 9.59 Å². The molecule has 1 amide bonds. The Bertz CT molecular complexity index is 295. The van der Waals surface area contributed by atoms with Gasteiger partial charge in [-0.2, -0.15) is 0 Å². The molecule has 2 atom stereocenters. The summed E-state index contributed by atoms with van der Waals surface area (Å²) in [6, 6.07) is -0.686. The molecule has 0 aliphatic rings. The number of carbonyl (C=O) groups is 2. The molecule has 18 heavy (non-hydrogen) atoms. The number of carbonyl (C=O) groups excluding carboxylic acids is 2. The van der Waals surface area contributed by atoms with Crippen LogP contribution in [0.25, 0.3) is 0 Å². The highest BCUT2D eigenvalue weighted by molar-refractivity contribution is 8.00. The van der Waals surface area contributed by atoms with Crippen LogP contribution < -0.4 is 11.1 Å². The van der Waals surface area contributed by atoms with Crippen molar-refractivity contribution >= 4 is 23.6 Å². The Morgan fingerprint density at radius 2 is 2.00 bits per heavy atom. The number of nitrogens with two attached hydrogens (primary N) is 1. The highest BCUT2D eigenvalue weighted by Crippen LogP contribution is 2.14. The van der Waals surface area contributed by atoms with Crippen molar-refractivity contribution in [2.24, 2.45) is 5.73 Å². The Morgan fingerprint density at radius 3 is 2.44 bits per heavy atom. The fraction of sp³-hybridized carbons (Fsp3) is 0.833. The maximum atomic E-state index is 11.9. The number of esters is 1. The lowest BCUT2D eigenvalue weighted by atomic mass is 10.0. The summed E-state index contributed by atoms with van der Waals surface area (Å²) in [7, 11) is 1.30. The summed E-state index contributed by atoms with van der Waals surface area (Å²) < 4.78 is 4.52. The summed E-state index contributed by atoms with van der Waals surface area (Å²) in [6.07, 6.45) is 0.859. The standard InChI is InChI=1S/C12H24N2O3S/c1-6-12(3,4)14-10(15)8(2)18-7-9(13)11(16)17-5/h8-9H,6-7,13H2,1-5H3,(H,14,15). The zero-order valence-electron chi connectivity index (χ0n) is 11.8. The minimum atomic E-state index is -0.686. The van der Waals surface area contributed by atoms with Gasteiger partial charge in [0.15, 0.2) is 0 Å². The van der Waals surface area contributed by atoms with Crippen molar-refractivity contribution in [1.29, 1.82) is 0 Å². The quantitative estimate of drug-likeness (QED) is 0.676. The number of rotatable bonds is 7. The molecule has 0 spiro atoms. The minimum Gasteiger partial charge on any atom is -0.468 e. The zero-order chi connectivity index (χ0) is 14.3. The first kappa shape index (κ1) is 17.2. The number of hydrogen-bond acceptors (Lipinski definition) is 5. The molecule has 0 aliphatic carbocycles. The molecule has 2 unspecified atom stereocenters. The minimum absolute atomic E-state index is 0.0380. The highest BCUT2D eigenvalue weighted by Gasteiger charge is 2.23. The number of amides is 1. The van der Waals surface area contributed by atoms with Crippen LogP contribution in [0.2, 0.25) is 0 Å². The summed E-state index contributed by atoms with van der Waals surface area (Å²) in [5.41, 5.74) is 5.39. The summed E-state index contributed by atoms with van der Waals surface area (Å²) in [6.45, 7) is 7.77. The molecule has 0 saturated carbocycles. The third kappa shape index (κ3) is 6.26. The van der Waals surface area contributed by atoms with Gasteiger partial charge in [0.25, 0.3) is 0 Å². The van der Waals surface area contributed by atoms with Crippen molar-refractivity contribution < 1.29 is 14.3 Å². The normalized spacial score (nSPS) is 14.8. The van der Waals surface area contributed by atoms with E-state index in [4.69, 9.17) is 5.73 Å². The van der Waals surface area contributed by atoms with Crippen LogP contribution in [0.5, 0.6) is 0 Å². The van der Waals surface area contributed by atoms with Gasteiger partial charge in [-0.1, -0.05) is 6.92 Å². The van der Waals surface area contributed by atoms with Gasteiger partial charge < -0.3 is 15.8 Å². The average Bonchev–Trinajstić information content (AvgIpc) is 2.33. The van der Waals surface area contributed by atoms with E-state index in [1.54, 1.807) is 6.92 Å². The molecular formula is C12H24N2O3S. The van der Waals surface area contributed by atoms with E-state index in [1.807, 2.05) is 20.8 Å². The predicted molar refractivity (Wildman–Crippen MR) is 74.4 cm³/mol. The van der Waals surface area contributed by atoms with Crippen molar-refractivity contribution in [3.8, 4) is 0 Å². The molecule has 0 heterocycles. The molecule has 5 nitrogen and oxygen atoms in total. The SMILES string of the molecule is CCC(C)(C)NC(=O)C(C)SCC(N)C(=O)OC. The van der Waals surface area contributed by atoms with E-state index >= 15 is 0 Å². The molecule has 0 bridgehead atoms.